The molecule has 1 aliphatic carbocycles. The molecule has 122 valence electrons. The molecule has 0 N–H and O–H groups in total. The van der Waals surface area contributed by atoms with E-state index < -0.39 is 17.4 Å². The summed E-state index contributed by atoms with van der Waals surface area (Å²) in [6.07, 6.45) is 0.947. The Morgan fingerprint density at radius 3 is 2.04 bits per heavy atom. The van der Waals surface area contributed by atoms with Crippen molar-refractivity contribution in [3.63, 3.8) is 0 Å². The first-order chi connectivity index (χ1) is 11.5. The molecule has 0 unspecified atom stereocenters. The zero-order valence-corrected chi connectivity index (χ0v) is 13.5. The molecule has 0 aliphatic heterocycles. The number of benzene rings is 2. The van der Waals surface area contributed by atoms with E-state index in [-0.39, 0.29) is 12.2 Å². The first kappa shape index (κ1) is 16.1. The van der Waals surface area contributed by atoms with Crippen LogP contribution in [0.4, 0.5) is 0 Å². The second-order valence-electron chi connectivity index (χ2n) is 6.17. The number of ether oxygens (including phenoxy) is 1. The molecule has 0 atom stereocenters. The van der Waals surface area contributed by atoms with Gasteiger partial charge in [-0.15, -0.1) is 0 Å². The SMILES string of the molecule is CC(=O)CC(=O)OC(=O)C1(c2ccc(-c3ccccc3)cc2)CC1. The molecule has 0 saturated heterocycles. The Labute approximate surface area is 140 Å². The van der Waals surface area contributed by atoms with E-state index in [2.05, 4.69) is 0 Å². The molecule has 1 saturated carbocycles. The molecule has 0 radical (unpaired) electrons. The molecule has 0 amide bonds. The van der Waals surface area contributed by atoms with Crippen LogP contribution >= 0.6 is 0 Å². The van der Waals surface area contributed by atoms with Crippen LogP contribution in [0.5, 0.6) is 0 Å². The molecule has 3 rings (SSSR count). The van der Waals surface area contributed by atoms with Crippen molar-refractivity contribution < 1.29 is 19.1 Å². The van der Waals surface area contributed by atoms with Crippen LogP contribution < -0.4 is 0 Å². The minimum atomic E-state index is -0.778. The summed E-state index contributed by atoms with van der Waals surface area (Å²) >= 11 is 0. The highest BCUT2D eigenvalue weighted by atomic mass is 16.6. The van der Waals surface area contributed by atoms with Gasteiger partial charge in [0.25, 0.3) is 0 Å². The first-order valence-electron chi connectivity index (χ1n) is 7.92. The molecule has 24 heavy (non-hydrogen) atoms. The van der Waals surface area contributed by atoms with Crippen molar-refractivity contribution in [3.8, 4) is 11.1 Å². The zero-order valence-electron chi connectivity index (χ0n) is 13.5. The molecule has 2 aromatic rings. The van der Waals surface area contributed by atoms with Crippen molar-refractivity contribution in [3.05, 3.63) is 60.2 Å². The largest absolute Gasteiger partial charge is 0.392 e. The smallest absolute Gasteiger partial charge is 0.324 e. The Morgan fingerprint density at radius 2 is 1.50 bits per heavy atom. The molecule has 4 nitrogen and oxygen atoms in total. The van der Waals surface area contributed by atoms with Gasteiger partial charge in [-0.1, -0.05) is 54.6 Å². The Kier molecular flexibility index (Phi) is 4.30. The molecular formula is C20H18O4. The van der Waals surface area contributed by atoms with Crippen molar-refractivity contribution in [2.24, 2.45) is 0 Å². The summed E-state index contributed by atoms with van der Waals surface area (Å²) in [4.78, 5) is 34.8. The van der Waals surface area contributed by atoms with Gasteiger partial charge in [-0.25, -0.2) is 0 Å². The van der Waals surface area contributed by atoms with Crippen LogP contribution in [0.3, 0.4) is 0 Å². The summed E-state index contributed by atoms with van der Waals surface area (Å²) < 4.78 is 4.86. The van der Waals surface area contributed by atoms with E-state index in [1.165, 1.54) is 6.92 Å². The van der Waals surface area contributed by atoms with E-state index in [9.17, 15) is 14.4 Å². The average molecular weight is 322 g/mol. The fraction of sp³-hybridized carbons (Fsp3) is 0.250. The number of hydrogen-bond acceptors (Lipinski definition) is 4. The average Bonchev–Trinajstić information content (AvgIpc) is 3.37. The molecule has 2 aromatic carbocycles. The molecular weight excluding hydrogens is 304 g/mol. The second kappa shape index (κ2) is 6.40. The lowest BCUT2D eigenvalue weighted by Gasteiger charge is -2.14. The highest BCUT2D eigenvalue weighted by Crippen LogP contribution is 2.49. The highest BCUT2D eigenvalue weighted by Gasteiger charge is 2.53. The predicted octanol–water partition coefficient (Wildman–Crippen LogP) is 3.43. The van der Waals surface area contributed by atoms with E-state index in [1.807, 2.05) is 54.6 Å². The standard InChI is InChI=1S/C20H18O4/c1-14(21)13-18(22)24-19(23)20(11-12-20)17-9-7-16(8-10-17)15-5-3-2-4-6-15/h2-10H,11-13H2,1H3. The summed E-state index contributed by atoms with van der Waals surface area (Å²) in [6, 6.07) is 17.7. The van der Waals surface area contributed by atoms with Gasteiger partial charge in [-0.2, -0.15) is 0 Å². The van der Waals surface area contributed by atoms with Crippen molar-refractivity contribution in [1.29, 1.82) is 0 Å². The summed E-state index contributed by atoms with van der Waals surface area (Å²) in [5.74, 6) is -1.65. The van der Waals surface area contributed by atoms with Crippen LogP contribution in [0.2, 0.25) is 0 Å². The van der Waals surface area contributed by atoms with E-state index >= 15 is 0 Å². The Morgan fingerprint density at radius 1 is 0.917 bits per heavy atom. The third-order valence-electron chi connectivity index (χ3n) is 4.29. The van der Waals surface area contributed by atoms with Crippen LogP contribution in [0.25, 0.3) is 11.1 Å². The van der Waals surface area contributed by atoms with Crippen molar-refractivity contribution in [1.82, 2.24) is 0 Å². The Bertz CT molecular complexity index is 771. The lowest BCUT2D eigenvalue weighted by atomic mass is 9.94. The molecule has 1 fully saturated rings. The number of carbonyl (C=O) groups is 3. The van der Waals surface area contributed by atoms with Crippen LogP contribution in [0, 0.1) is 0 Å². The minimum absolute atomic E-state index is 0.315. The predicted molar refractivity (Wildman–Crippen MR) is 89.2 cm³/mol. The third kappa shape index (κ3) is 3.27. The summed E-state index contributed by atoms with van der Waals surface area (Å²) in [5.41, 5.74) is 2.29. The summed E-state index contributed by atoms with van der Waals surface area (Å²) in [7, 11) is 0. The maximum Gasteiger partial charge on any atom is 0.324 e. The van der Waals surface area contributed by atoms with Crippen LogP contribution in [-0.2, 0) is 24.5 Å². The minimum Gasteiger partial charge on any atom is -0.392 e. The number of ketones is 1. The summed E-state index contributed by atoms with van der Waals surface area (Å²) in [5, 5.41) is 0. The van der Waals surface area contributed by atoms with E-state index in [0.29, 0.717) is 12.8 Å². The van der Waals surface area contributed by atoms with Gasteiger partial charge >= 0.3 is 11.9 Å². The zero-order chi connectivity index (χ0) is 17.2. The Hall–Kier alpha value is -2.75. The van der Waals surface area contributed by atoms with Crippen LogP contribution in [0.1, 0.15) is 31.7 Å². The van der Waals surface area contributed by atoms with Gasteiger partial charge in [-0.05, 0) is 36.5 Å². The maximum atomic E-state index is 12.3. The number of carbonyl (C=O) groups excluding carboxylic acids is 3. The third-order valence-corrected chi connectivity index (χ3v) is 4.29. The van der Waals surface area contributed by atoms with Gasteiger partial charge in [-0.3, -0.25) is 14.4 Å². The van der Waals surface area contributed by atoms with Gasteiger partial charge in [0.15, 0.2) is 0 Å². The van der Waals surface area contributed by atoms with E-state index in [4.69, 9.17) is 4.74 Å². The van der Waals surface area contributed by atoms with Crippen molar-refractivity contribution >= 4 is 17.7 Å². The molecule has 0 heterocycles. The van der Waals surface area contributed by atoms with E-state index in [0.717, 1.165) is 16.7 Å². The van der Waals surface area contributed by atoms with Crippen molar-refractivity contribution in [2.45, 2.75) is 31.6 Å². The van der Waals surface area contributed by atoms with Crippen LogP contribution in [0.15, 0.2) is 54.6 Å². The monoisotopic (exact) mass is 322 g/mol. The topological polar surface area (TPSA) is 60.4 Å². The molecule has 0 spiro atoms. The van der Waals surface area contributed by atoms with Gasteiger partial charge in [0.1, 0.15) is 12.2 Å². The Balaban J connectivity index is 1.75. The number of rotatable bonds is 5. The van der Waals surface area contributed by atoms with Crippen LogP contribution in [-0.4, -0.2) is 17.7 Å². The fourth-order valence-corrected chi connectivity index (χ4v) is 2.79. The summed E-state index contributed by atoms with van der Waals surface area (Å²) in [6.45, 7) is 1.29. The quantitative estimate of drug-likeness (QED) is 0.625. The maximum absolute atomic E-state index is 12.3. The van der Waals surface area contributed by atoms with Crippen molar-refractivity contribution in [2.75, 3.05) is 0 Å². The molecule has 4 heteroatoms. The second-order valence-corrected chi connectivity index (χ2v) is 6.17. The van der Waals surface area contributed by atoms with E-state index in [1.54, 1.807) is 0 Å². The van der Waals surface area contributed by atoms with Gasteiger partial charge in [0, 0.05) is 0 Å². The first-order valence-corrected chi connectivity index (χ1v) is 7.92. The van der Waals surface area contributed by atoms with Gasteiger partial charge in [0.2, 0.25) is 0 Å². The fourth-order valence-electron chi connectivity index (χ4n) is 2.79. The number of esters is 2. The molecule has 0 aromatic heterocycles. The normalized spacial score (nSPS) is 14.7. The number of Topliss-reactive ketones (excluding diaryl/α,β-unsaturated/α-hetero) is 1. The lowest BCUT2D eigenvalue weighted by molar-refractivity contribution is -0.161. The lowest BCUT2D eigenvalue weighted by Crippen LogP contribution is -2.26. The van der Waals surface area contributed by atoms with Gasteiger partial charge < -0.3 is 4.74 Å². The number of hydrogen-bond donors (Lipinski definition) is 0. The van der Waals surface area contributed by atoms with Gasteiger partial charge in [0.05, 0.1) is 5.41 Å². The highest BCUT2D eigenvalue weighted by molar-refractivity contribution is 6.01. The molecule has 0 bridgehead atoms. The molecule has 1 aliphatic rings.